The molecule has 1 fully saturated rings. The normalized spacial score (nSPS) is 15.5. The molecule has 0 bridgehead atoms. The van der Waals surface area contributed by atoms with Gasteiger partial charge in [-0.25, -0.2) is 0 Å². The molecule has 1 unspecified atom stereocenters. The monoisotopic (exact) mass is 325 g/mol. The Morgan fingerprint density at radius 1 is 1.41 bits per heavy atom. The molecule has 1 aliphatic rings. The molecule has 124 valence electrons. The zero-order valence-corrected chi connectivity index (χ0v) is 14.5. The molecule has 0 aliphatic heterocycles. The first-order valence-corrected chi connectivity index (χ1v) is 7.81. The molecular weight excluding hydrogens is 298 g/mol. The van der Waals surface area contributed by atoms with Gasteiger partial charge in [0.1, 0.15) is 0 Å². The Labute approximate surface area is 139 Å². The summed E-state index contributed by atoms with van der Waals surface area (Å²) in [5, 5.41) is 2.98. The van der Waals surface area contributed by atoms with Gasteiger partial charge in [0.15, 0.2) is 0 Å². The lowest BCUT2D eigenvalue weighted by Gasteiger charge is -2.26. The van der Waals surface area contributed by atoms with E-state index in [0.29, 0.717) is 31.0 Å². The molecule has 22 heavy (non-hydrogen) atoms. The van der Waals surface area contributed by atoms with Crippen molar-refractivity contribution in [2.75, 3.05) is 25.5 Å². The second kappa shape index (κ2) is 8.51. The third-order valence-corrected chi connectivity index (χ3v) is 4.20. The number of hydrogen-bond donors (Lipinski definition) is 2. The standard InChI is InChI=1S/C17H27N3O.ClH/c1-12(2)14-5-4-6-15(9-14)19-17(21)11-20(3)16(10-18)13-7-8-13;/h4-6,9,12-13,16H,7-8,10-11,18H2,1-3H3,(H,19,21);1H. The molecule has 5 heteroatoms. The second-order valence-electron chi connectivity index (χ2n) is 6.38. The largest absolute Gasteiger partial charge is 0.329 e. The van der Waals surface area contributed by atoms with E-state index in [1.54, 1.807) is 0 Å². The Morgan fingerprint density at radius 3 is 2.64 bits per heavy atom. The first-order valence-electron chi connectivity index (χ1n) is 7.81. The summed E-state index contributed by atoms with van der Waals surface area (Å²) in [7, 11) is 1.99. The van der Waals surface area contributed by atoms with Gasteiger partial charge in [0.05, 0.1) is 6.54 Å². The van der Waals surface area contributed by atoms with Crippen LogP contribution in [0, 0.1) is 5.92 Å². The van der Waals surface area contributed by atoms with Crippen molar-refractivity contribution < 1.29 is 4.79 Å². The van der Waals surface area contributed by atoms with Crippen LogP contribution in [0.25, 0.3) is 0 Å². The van der Waals surface area contributed by atoms with Crippen molar-refractivity contribution in [3.8, 4) is 0 Å². The lowest BCUT2D eigenvalue weighted by Crippen LogP contribution is -2.43. The van der Waals surface area contributed by atoms with Crippen molar-refractivity contribution in [2.45, 2.75) is 38.6 Å². The Kier molecular flexibility index (Phi) is 7.33. The van der Waals surface area contributed by atoms with Crippen molar-refractivity contribution in [3.63, 3.8) is 0 Å². The van der Waals surface area contributed by atoms with Gasteiger partial charge in [-0.1, -0.05) is 26.0 Å². The van der Waals surface area contributed by atoms with Gasteiger partial charge in [-0.2, -0.15) is 0 Å². The molecule has 2 rings (SSSR count). The SMILES string of the molecule is CC(C)c1cccc(NC(=O)CN(C)C(CN)C2CC2)c1.Cl. The molecule has 1 amide bonds. The van der Waals surface area contributed by atoms with Crippen molar-refractivity contribution in [1.29, 1.82) is 0 Å². The number of hydrogen-bond acceptors (Lipinski definition) is 3. The van der Waals surface area contributed by atoms with Crippen molar-refractivity contribution in [3.05, 3.63) is 29.8 Å². The van der Waals surface area contributed by atoms with Gasteiger partial charge in [0.25, 0.3) is 0 Å². The van der Waals surface area contributed by atoms with Gasteiger partial charge in [-0.3, -0.25) is 9.69 Å². The van der Waals surface area contributed by atoms with Gasteiger partial charge < -0.3 is 11.1 Å². The van der Waals surface area contributed by atoms with E-state index in [4.69, 9.17) is 5.73 Å². The van der Waals surface area contributed by atoms with Crippen molar-refractivity contribution in [1.82, 2.24) is 4.90 Å². The third kappa shape index (κ3) is 5.27. The van der Waals surface area contributed by atoms with E-state index < -0.39 is 0 Å². The number of benzene rings is 1. The highest BCUT2D eigenvalue weighted by molar-refractivity contribution is 5.92. The second-order valence-corrected chi connectivity index (χ2v) is 6.38. The Morgan fingerprint density at radius 2 is 2.09 bits per heavy atom. The van der Waals surface area contributed by atoms with Gasteiger partial charge in [0.2, 0.25) is 5.91 Å². The van der Waals surface area contributed by atoms with Crippen LogP contribution >= 0.6 is 12.4 Å². The topological polar surface area (TPSA) is 58.4 Å². The molecule has 4 nitrogen and oxygen atoms in total. The summed E-state index contributed by atoms with van der Waals surface area (Å²) in [5.41, 5.74) is 7.93. The number of halogens is 1. The molecular formula is C17H28ClN3O. The molecule has 0 heterocycles. The van der Waals surface area contributed by atoms with Crippen LogP contribution < -0.4 is 11.1 Å². The van der Waals surface area contributed by atoms with Gasteiger partial charge in [-0.15, -0.1) is 12.4 Å². The average molecular weight is 326 g/mol. The summed E-state index contributed by atoms with van der Waals surface area (Å²) < 4.78 is 0. The molecule has 1 atom stereocenters. The fourth-order valence-corrected chi connectivity index (χ4v) is 2.73. The number of amides is 1. The number of rotatable bonds is 7. The number of nitrogens with zero attached hydrogens (tertiary/aromatic N) is 1. The van der Waals surface area contributed by atoms with E-state index >= 15 is 0 Å². The highest BCUT2D eigenvalue weighted by Crippen LogP contribution is 2.34. The molecule has 1 aromatic carbocycles. The first kappa shape index (κ1) is 18.9. The lowest BCUT2D eigenvalue weighted by atomic mass is 10.0. The van der Waals surface area contributed by atoms with Gasteiger partial charge in [0, 0.05) is 18.3 Å². The van der Waals surface area contributed by atoms with Gasteiger partial charge >= 0.3 is 0 Å². The van der Waals surface area contributed by atoms with Gasteiger partial charge in [-0.05, 0) is 49.4 Å². The minimum atomic E-state index is 0. The minimum absolute atomic E-state index is 0. The predicted octanol–water partition coefficient (Wildman–Crippen LogP) is 2.84. The smallest absolute Gasteiger partial charge is 0.238 e. The number of carbonyl (C=O) groups excluding carboxylic acids is 1. The molecule has 1 aliphatic carbocycles. The predicted molar refractivity (Wildman–Crippen MR) is 94.6 cm³/mol. The Hall–Kier alpha value is -1.10. The van der Waals surface area contributed by atoms with E-state index in [0.717, 1.165) is 5.69 Å². The maximum absolute atomic E-state index is 12.2. The molecule has 0 spiro atoms. The van der Waals surface area contributed by atoms with Crippen LogP contribution in [0.4, 0.5) is 5.69 Å². The highest BCUT2D eigenvalue weighted by Gasteiger charge is 2.33. The zero-order valence-electron chi connectivity index (χ0n) is 13.7. The number of likely N-dealkylation sites (N-methyl/N-ethyl adjacent to an activating group) is 1. The van der Waals surface area contributed by atoms with E-state index in [9.17, 15) is 4.79 Å². The fourth-order valence-electron chi connectivity index (χ4n) is 2.73. The molecule has 3 N–H and O–H groups in total. The first-order chi connectivity index (χ1) is 10.0. The number of carbonyl (C=O) groups is 1. The van der Waals surface area contributed by atoms with Crippen molar-refractivity contribution in [2.24, 2.45) is 11.7 Å². The summed E-state index contributed by atoms with van der Waals surface area (Å²) in [6, 6.07) is 8.39. The van der Waals surface area contributed by atoms with Crippen LogP contribution in [0.3, 0.4) is 0 Å². The molecule has 0 radical (unpaired) electrons. The summed E-state index contributed by atoms with van der Waals surface area (Å²) in [6.45, 7) is 5.31. The Balaban J connectivity index is 0.00000242. The van der Waals surface area contributed by atoms with E-state index in [-0.39, 0.29) is 18.3 Å². The quantitative estimate of drug-likeness (QED) is 0.810. The van der Waals surface area contributed by atoms with E-state index in [2.05, 4.69) is 30.1 Å². The molecule has 0 aromatic heterocycles. The zero-order chi connectivity index (χ0) is 15.4. The van der Waals surface area contributed by atoms with Crippen LogP contribution in [0.2, 0.25) is 0 Å². The number of nitrogens with two attached hydrogens (primary N) is 1. The summed E-state index contributed by atoms with van der Waals surface area (Å²) >= 11 is 0. The minimum Gasteiger partial charge on any atom is -0.329 e. The number of nitrogens with one attached hydrogen (secondary N) is 1. The maximum Gasteiger partial charge on any atom is 0.238 e. The summed E-state index contributed by atoms with van der Waals surface area (Å²) in [6.07, 6.45) is 2.48. The van der Waals surface area contributed by atoms with Crippen LogP contribution in [0.1, 0.15) is 38.2 Å². The van der Waals surface area contributed by atoms with Crippen molar-refractivity contribution >= 4 is 24.0 Å². The molecule has 1 saturated carbocycles. The summed E-state index contributed by atoms with van der Waals surface area (Å²) in [4.78, 5) is 14.3. The lowest BCUT2D eigenvalue weighted by molar-refractivity contribution is -0.117. The van der Waals surface area contributed by atoms with E-state index in [1.165, 1.54) is 18.4 Å². The Bertz CT molecular complexity index is 489. The maximum atomic E-state index is 12.2. The molecule has 1 aromatic rings. The highest BCUT2D eigenvalue weighted by atomic mass is 35.5. The van der Waals surface area contributed by atoms with Crippen LogP contribution in [-0.2, 0) is 4.79 Å². The molecule has 0 saturated heterocycles. The fraction of sp³-hybridized carbons (Fsp3) is 0.588. The third-order valence-electron chi connectivity index (χ3n) is 4.20. The van der Waals surface area contributed by atoms with Crippen LogP contribution in [0.15, 0.2) is 24.3 Å². The van der Waals surface area contributed by atoms with E-state index in [1.807, 2.05) is 25.2 Å². The number of anilines is 1. The van der Waals surface area contributed by atoms with Crippen LogP contribution in [0.5, 0.6) is 0 Å². The van der Waals surface area contributed by atoms with Crippen LogP contribution in [-0.4, -0.2) is 37.0 Å². The average Bonchev–Trinajstić information content (AvgIpc) is 3.24. The summed E-state index contributed by atoms with van der Waals surface area (Å²) in [5.74, 6) is 1.16.